The third-order valence-electron chi connectivity index (χ3n) is 7.24. The second kappa shape index (κ2) is 8.19. The summed E-state index contributed by atoms with van der Waals surface area (Å²) >= 11 is 0. The minimum atomic E-state index is -1.05. The summed E-state index contributed by atoms with van der Waals surface area (Å²) in [4.78, 5) is 16.1. The number of hydrogen-bond acceptors (Lipinski definition) is 3. The van der Waals surface area contributed by atoms with Gasteiger partial charge in [0.1, 0.15) is 11.5 Å². The van der Waals surface area contributed by atoms with Gasteiger partial charge >= 0.3 is 0 Å². The quantitative estimate of drug-likeness (QED) is 0.568. The van der Waals surface area contributed by atoms with Crippen LogP contribution in [0.15, 0.2) is 91.0 Å². The molecule has 3 aromatic rings. The van der Waals surface area contributed by atoms with Crippen LogP contribution in [0.1, 0.15) is 55.1 Å². The first-order valence-corrected chi connectivity index (χ1v) is 11.4. The molecule has 4 heteroatoms. The molecule has 2 aliphatic rings. The van der Waals surface area contributed by atoms with E-state index in [1.165, 1.54) is 0 Å². The van der Waals surface area contributed by atoms with Crippen molar-refractivity contribution in [1.82, 2.24) is 4.90 Å². The monoisotopic (exact) mass is 427 g/mol. The number of benzene rings is 3. The molecule has 0 aromatic heterocycles. The van der Waals surface area contributed by atoms with E-state index in [0.29, 0.717) is 6.42 Å². The predicted octanol–water partition coefficient (Wildman–Crippen LogP) is 5.23. The second-order valence-corrected chi connectivity index (χ2v) is 8.86. The summed E-state index contributed by atoms with van der Waals surface area (Å²) in [5, 5.41) is 11.6. The van der Waals surface area contributed by atoms with Crippen LogP contribution in [0.5, 0.6) is 0 Å². The van der Waals surface area contributed by atoms with Gasteiger partial charge in [-0.2, -0.15) is 0 Å². The minimum absolute atomic E-state index is 0.0417. The van der Waals surface area contributed by atoms with Gasteiger partial charge in [0, 0.05) is 0 Å². The highest BCUT2D eigenvalue weighted by atomic mass is 16.5. The number of carbonyl (C=O) groups excluding carboxylic acids is 1. The summed E-state index contributed by atoms with van der Waals surface area (Å²) in [5.74, 6) is -0.0417. The smallest absolute Gasteiger partial charge is 0.238 e. The second-order valence-electron chi connectivity index (χ2n) is 8.86. The summed E-state index contributed by atoms with van der Waals surface area (Å²) in [6.45, 7) is 4.06. The fraction of sp³-hybridized carbons (Fsp3) is 0.321. The number of likely N-dealkylation sites (tertiary alicyclic amines) is 1. The van der Waals surface area contributed by atoms with Crippen LogP contribution in [0.3, 0.4) is 0 Å². The van der Waals surface area contributed by atoms with Gasteiger partial charge in [0.2, 0.25) is 5.91 Å². The Bertz CT molecular complexity index is 1070. The van der Waals surface area contributed by atoms with Crippen LogP contribution in [0.2, 0.25) is 0 Å². The van der Waals surface area contributed by atoms with Gasteiger partial charge in [-0.1, -0.05) is 97.9 Å². The van der Waals surface area contributed by atoms with E-state index in [2.05, 4.69) is 31.2 Å². The molecule has 32 heavy (non-hydrogen) atoms. The summed E-state index contributed by atoms with van der Waals surface area (Å²) in [7, 11) is 0. The zero-order chi connectivity index (χ0) is 22.3. The normalized spacial score (nSPS) is 30.3. The Morgan fingerprint density at radius 2 is 1.44 bits per heavy atom. The molecule has 2 fully saturated rings. The van der Waals surface area contributed by atoms with Crippen LogP contribution in [0.25, 0.3) is 0 Å². The number of amides is 1. The van der Waals surface area contributed by atoms with Crippen LogP contribution in [-0.4, -0.2) is 28.1 Å². The van der Waals surface area contributed by atoms with E-state index in [1.54, 1.807) is 0 Å². The molecule has 2 heterocycles. The molecular formula is C28H29NO3. The fourth-order valence-electron chi connectivity index (χ4n) is 5.66. The molecule has 6 atom stereocenters. The van der Waals surface area contributed by atoms with Crippen molar-refractivity contribution >= 4 is 5.91 Å². The van der Waals surface area contributed by atoms with Crippen LogP contribution >= 0.6 is 0 Å². The van der Waals surface area contributed by atoms with Crippen molar-refractivity contribution in [2.75, 3.05) is 0 Å². The lowest BCUT2D eigenvalue weighted by atomic mass is 9.59. The number of aliphatic hydroxyl groups excluding tert-OH is 1. The Hall–Kier alpha value is -2.95. The van der Waals surface area contributed by atoms with E-state index < -0.39 is 17.6 Å². The molecule has 0 aliphatic carbocycles. The topological polar surface area (TPSA) is 49.8 Å². The van der Waals surface area contributed by atoms with Gasteiger partial charge in [-0.25, -0.2) is 0 Å². The van der Waals surface area contributed by atoms with E-state index in [1.807, 2.05) is 78.6 Å². The third-order valence-corrected chi connectivity index (χ3v) is 7.24. The van der Waals surface area contributed by atoms with Crippen LogP contribution < -0.4 is 0 Å². The van der Waals surface area contributed by atoms with E-state index in [4.69, 9.17) is 4.74 Å². The Balaban J connectivity index is 1.66. The SMILES string of the molecule is CC[C@@H]1O[C@@H](c2ccccc2)[C@@]2(C(=O)N([C@@H](C)c3ccccc3)[C@H]2c2ccccc2)[C@H]1O. The zero-order valence-electron chi connectivity index (χ0n) is 18.5. The average molecular weight is 428 g/mol. The maximum atomic E-state index is 14.1. The molecule has 0 saturated carbocycles. The first-order chi connectivity index (χ1) is 15.6. The Kier molecular flexibility index (Phi) is 5.36. The van der Waals surface area contributed by atoms with Crippen molar-refractivity contribution in [2.24, 2.45) is 5.41 Å². The van der Waals surface area contributed by atoms with E-state index >= 15 is 0 Å². The van der Waals surface area contributed by atoms with E-state index in [-0.39, 0.29) is 24.1 Å². The predicted molar refractivity (Wildman–Crippen MR) is 124 cm³/mol. The number of hydrogen-bond donors (Lipinski definition) is 1. The van der Waals surface area contributed by atoms with Crippen LogP contribution in [0.4, 0.5) is 0 Å². The highest BCUT2D eigenvalue weighted by Gasteiger charge is 2.74. The van der Waals surface area contributed by atoms with Gasteiger partial charge < -0.3 is 14.7 Å². The van der Waals surface area contributed by atoms with Crippen molar-refractivity contribution in [3.63, 3.8) is 0 Å². The van der Waals surface area contributed by atoms with E-state index in [9.17, 15) is 9.90 Å². The maximum absolute atomic E-state index is 14.1. The number of ether oxygens (including phenoxy) is 1. The molecule has 4 nitrogen and oxygen atoms in total. The summed E-state index contributed by atoms with van der Waals surface area (Å²) in [5.41, 5.74) is 1.99. The molecule has 164 valence electrons. The minimum Gasteiger partial charge on any atom is -0.389 e. The van der Waals surface area contributed by atoms with E-state index in [0.717, 1.165) is 16.7 Å². The number of nitrogens with zero attached hydrogens (tertiary/aromatic N) is 1. The molecule has 1 spiro atoms. The van der Waals surface area contributed by atoms with Gasteiger partial charge in [0.05, 0.1) is 24.3 Å². The molecule has 0 unspecified atom stereocenters. The molecule has 0 bridgehead atoms. The molecule has 2 saturated heterocycles. The molecule has 1 amide bonds. The number of carbonyl (C=O) groups is 1. The summed E-state index contributed by atoms with van der Waals surface area (Å²) in [6.07, 6.45) is -1.12. The number of β-lactam (4-membered cyclic amide) rings is 1. The third kappa shape index (κ3) is 2.94. The Labute approximate surface area is 189 Å². The fourth-order valence-corrected chi connectivity index (χ4v) is 5.66. The van der Waals surface area contributed by atoms with Crippen LogP contribution in [0, 0.1) is 5.41 Å². The highest BCUT2D eigenvalue weighted by molar-refractivity contribution is 5.93. The van der Waals surface area contributed by atoms with Crippen LogP contribution in [-0.2, 0) is 9.53 Å². The first-order valence-electron chi connectivity index (χ1n) is 11.4. The van der Waals surface area contributed by atoms with Crippen molar-refractivity contribution < 1.29 is 14.6 Å². The lowest BCUT2D eigenvalue weighted by molar-refractivity contribution is -0.199. The largest absolute Gasteiger partial charge is 0.389 e. The molecule has 2 aliphatic heterocycles. The first kappa shape index (κ1) is 20.9. The number of aliphatic hydroxyl groups is 1. The lowest BCUT2D eigenvalue weighted by Gasteiger charge is -2.59. The maximum Gasteiger partial charge on any atom is 0.238 e. The van der Waals surface area contributed by atoms with Crippen molar-refractivity contribution in [3.8, 4) is 0 Å². The molecule has 0 radical (unpaired) electrons. The zero-order valence-corrected chi connectivity index (χ0v) is 18.5. The van der Waals surface area contributed by atoms with Crippen molar-refractivity contribution in [1.29, 1.82) is 0 Å². The van der Waals surface area contributed by atoms with Crippen molar-refractivity contribution in [3.05, 3.63) is 108 Å². The average Bonchev–Trinajstić information content (AvgIpc) is 3.17. The Morgan fingerprint density at radius 1 is 0.906 bits per heavy atom. The molecule has 3 aromatic carbocycles. The summed E-state index contributed by atoms with van der Waals surface area (Å²) < 4.78 is 6.43. The summed E-state index contributed by atoms with van der Waals surface area (Å²) in [6, 6.07) is 29.6. The standard InChI is InChI=1S/C28H29NO3/c1-3-23-25(30)28(26(32-23)22-17-11-6-12-18-22)24(21-15-9-5-10-16-21)29(27(28)31)19(2)20-13-7-4-8-14-20/h4-19,23-26,30H,3H2,1-2H3/t19-,23-,24-,25-,26-,28-/m0/s1. The van der Waals surface area contributed by atoms with Gasteiger partial charge in [-0.15, -0.1) is 0 Å². The molecular weight excluding hydrogens is 398 g/mol. The highest BCUT2D eigenvalue weighted by Crippen LogP contribution is 2.66. The lowest BCUT2D eigenvalue weighted by Crippen LogP contribution is -2.69. The number of rotatable bonds is 5. The van der Waals surface area contributed by atoms with Crippen molar-refractivity contribution in [2.45, 2.75) is 50.7 Å². The molecule has 1 N–H and O–H groups in total. The molecule has 5 rings (SSSR count). The van der Waals surface area contributed by atoms with Gasteiger partial charge in [0.25, 0.3) is 0 Å². The van der Waals surface area contributed by atoms with Gasteiger partial charge in [-0.3, -0.25) is 4.79 Å². The van der Waals surface area contributed by atoms with Gasteiger partial charge in [0.15, 0.2) is 0 Å². The van der Waals surface area contributed by atoms with Gasteiger partial charge in [-0.05, 0) is 30.0 Å². The Morgan fingerprint density at radius 3 is 2.00 bits per heavy atom.